The number of aliphatic hydroxyl groups excluding tert-OH is 3. The molecule has 0 spiro atoms. The molecule has 0 radical (unpaired) electrons. The molecule has 2 heterocycles. The molecule has 2 aromatic rings. The van der Waals surface area contributed by atoms with Gasteiger partial charge in [0.2, 0.25) is 0 Å². The van der Waals surface area contributed by atoms with Crippen LogP contribution in [0.3, 0.4) is 0 Å². The van der Waals surface area contributed by atoms with Crippen LogP contribution < -0.4 is 0 Å². The molecule has 1 aliphatic rings. The highest BCUT2D eigenvalue weighted by Crippen LogP contribution is 2.28. The van der Waals surface area contributed by atoms with Crippen LogP contribution in [0.5, 0.6) is 0 Å². The van der Waals surface area contributed by atoms with Crippen LogP contribution >= 0.6 is 0 Å². The first kappa shape index (κ1) is 11.7. The van der Waals surface area contributed by atoms with E-state index in [0.717, 1.165) is 10.9 Å². The Balaban J connectivity index is 1.99. The van der Waals surface area contributed by atoms with E-state index in [4.69, 9.17) is 4.74 Å². The molecule has 1 saturated heterocycles. The van der Waals surface area contributed by atoms with Gasteiger partial charge in [0.15, 0.2) is 6.23 Å². The summed E-state index contributed by atoms with van der Waals surface area (Å²) in [6, 6.07) is 9.64. The first-order chi connectivity index (χ1) is 8.68. The Bertz CT molecular complexity index is 553. The number of hydrogen-bond acceptors (Lipinski definition) is 4. The summed E-state index contributed by atoms with van der Waals surface area (Å²) in [7, 11) is 0. The van der Waals surface area contributed by atoms with Gasteiger partial charge in [-0.15, -0.1) is 0 Å². The van der Waals surface area contributed by atoms with Crippen LogP contribution in [0, 0.1) is 0 Å². The maximum atomic E-state index is 9.98. The number of hydrogen-bond donors (Lipinski definition) is 3. The van der Waals surface area contributed by atoms with Crippen molar-refractivity contribution in [2.75, 3.05) is 6.61 Å². The second-order valence-corrected chi connectivity index (χ2v) is 4.55. The summed E-state index contributed by atoms with van der Waals surface area (Å²) in [6.45, 7) is 0.00933. The van der Waals surface area contributed by atoms with Crippen molar-refractivity contribution >= 4 is 10.9 Å². The highest BCUT2D eigenvalue weighted by atomic mass is 16.5. The summed E-state index contributed by atoms with van der Waals surface area (Å²) in [5.74, 6) is 0. The molecule has 0 bridgehead atoms. The molecule has 1 aromatic heterocycles. The highest BCUT2D eigenvalue weighted by Gasteiger charge is 2.38. The van der Waals surface area contributed by atoms with E-state index in [-0.39, 0.29) is 6.61 Å². The molecule has 0 unspecified atom stereocenters. The lowest BCUT2D eigenvalue weighted by Crippen LogP contribution is -2.50. The number of nitrogens with zero attached hydrogens (tertiary/aromatic N) is 1. The maximum absolute atomic E-state index is 9.98. The van der Waals surface area contributed by atoms with E-state index >= 15 is 0 Å². The Kier molecular flexibility index (Phi) is 2.83. The lowest BCUT2D eigenvalue weighted by molar-refractivity contribution is -0.209. The van der Waals surface area contributed by atoms with E-state index in [2.05, 4.69) is 0 Å². The van der Waals surface area contributed by atoms with Crippen molar-refractivity contribution < 1.29 is 20.1 Å². The van der Waals surface area contributed by atoms with Crippen molar-refractivity contribution in [2.24, 2.45) is 0 Å². The predicted molar refractivity (Wildman–Crippen MR) is 64.9 cm³/mol. The Labute approximate surface area is 104 Å². The fraction of sp³-hybridized carbons (Fsp3) is 0.385. The number of aromatic nitrogens is 1. The van der Waals surface area contributed by atoms with Crippen LogP contribution in [0.2, 0.25) is 0 Å². The third kappa shape index (κ3) is 1.72. The average molecular weight is 249 g/mol. The predicted octanol–water partition coefficient (Wildman–Crippen LogP) is 0.253. The van der Waals surface area contributed by atoms with E-state index in [1.807, 2.05) is 36.5 Å². The summed E-state index contributed by atoms with van der Waals surface area (Å²) >= 11 is 0. The van der Waals surface area contributed by atoms with Gasteiger partial charge < -0.3 is 24.6 Å². The summed E-state index contributed by atoms with van der Waals surface area (Å²) in [5, 5.41) is 30.1. The van der Waals surface area contributed by atoms with E-state index in [1.165, 1.54) is 0 Å². The number of benzene rings is 1. The molecule has 18 heavy (non-hydrogen) atoms. The molecule has 1 fully saturated rings. The second kappa shape index (κ2) is 4.37. The molecular weight excluding hydrogens is 234 g/mol. The smallest absolute Gasteiger partial charge is 0.162 e. The number of ether oxygens (including phenoxy) is 1. The molecule has 5 nitrogen and oxygen atoms in total. The van der Waals surface area contributed by atoms with Crippen LogP contribution in [-0.2, 0) is 4.74 Å². The Morgan fingerprint density at radius 3 is 2.67 bits per heavy atom. The average Bonchev–Trinajstić information content (AvgIpc) is 2.80. The van der Waals surface area contributed by atoms with Gasteiger partial charge in [0, 0.05) is 6.20 Å². The van der Waals surface area contributed by atoms with E-state index in [9.17, 15) is 15.3 Å². The molecule has 1 aromatic carbocycles. The van der Waals surface area contributed by atoms with E-state index in [1.54, 1.807) is 4.57 Å². The standard InChI is InChI=1S/C13H15NO4/c15-10-7-18-13(12(17)11(10)16)14-6-5-8-3-1-2-4-9(8)14/h1-6,10-13,15-17H,7H2/t10-,11+,12-,13-/m1/s1. The number of rotatable bonds is 1. The molecule has 4 atom stereocenters. The minimum Gasteiger partial charge on any atom is -0.388 e. The third-order valence-electron chi connectivity index (χ3n) is 3.38. The first-order valence-electron chi connectivity index (χ1n) is 5.90. The molecule has 3 rings (SSSR count). The second-order valence-electron chi connectivity index (χ2n) is 4.55. The van der Waals surface area contributed by atoms with Crippen LogP contribution in [0.1, 0.15) is 6.23 Å². The van der Waals surface area contributed by atoms with E-state index in [0.29, 0.717) is 0 Å². The fourth-order valence-corrected chi connectivity index (χ4v) is 2.36. The lowest BCUT2D eigenvalue weighted by Gasteiger charge is -2.36. The van der Waals surface area contributed by atoms with Crippen LogP contribution in [0.15, 0.2) is 36.5 Å². The molecule has 0 aliphatic carbocycles. The molecule has 0 amide bonds. The molecule has 5 heteroatoms. The minimum atomic E-state index is -1.19. The molecule has 0 saturated carbocycles. The van der Waals surface area contributed by atoms with Crippen molar-refractivity contribution in [1.29, 1.82) is 0 Å². The number of para-hydroxylation sites is 1. The van der Waals surface area contributed by atoms with Crippen molar-refractivity contribution in [3.8, 4) is 0 Å². The van der Waals surface area contributed by atoms with Crippen LogP contribution in [0.4, 0.5) is 0 Å². The monoisotopic (exact) mass is 249 g/mol. The quantitative estimate of drug-likeness (QED) is 0.677. The van der Waals surface area contributed by atoms with Gasteiger partial charge in [-0.05, 0) is 17.5 Å². The van der Waals surface area contributed by atoms with Crippen LogP contribution in [-0.4, -0.2) is 44.8 Å². The maximum Gasteiger partial charge on any atom is 0.162 e. The van der Waals surface area contributed by atoms with Gasteiger partial charge >= 0.3 is 0 Å². The van der Waals surface area contributed by atoms with Gasteiger partial charge in [0.1, 0.15) is 18.3 Å². The summed E-state index contributed by atoms with van der Waals surface area (Å²) in [6.07, 6.45) is -2.25. The van der Waals surface area contributed by atoms with E-state index < -0.39 is 24.5 Å². The summed E-state index contributed by atoms with van der Waals surface area (Å²) in [4.78, 5) is 0. The van der Waals surface area contributed by atoms with Gasteiger partial charge in [-0.3, -0.25) is 0 Å². The van der Waals surface area contributed by atoms with Gasteiger partial charge in [-0.1, -0.05) is 18.2 Å². The zero-order chi connectivity index (χ0) is 12.7. The van der Waals surface area contributed by atoms with Gasteiger partial charge in [-0.25, -0.2) is 0 Å². The fourth-order valence-electron chi connectivity index (χ4n) is 2.36. The van der Waals surface area contributed by atoms with Crippen molar-refractivity contribution in [2.45, 2.75) is 24.5 Å². The molecule has 1 aliphatic heterocycles. The minimum absolute atomic E-state index is 0.00933. The summed E-state index contributed by atoms with van der Waals surface area (Å²) < 4.78 is 7.20. The van der Waals surface area contributed by atoms with Crippen LogP contribution in [0.25, 0.3) is 10.9 Å². The van der Waals surface area contributed by atoms with Crippen molar-refractivity contribution in [1.82, 2.24) is 4.57 Å². The molecule has 96 valence electrons. The Morgan fingerprint density at radius 1 is 1.06 bits per heavy atom. The number of fused-ring (bicyclic) bond motifs is 1. The zero-order valence-electron chi connectivity index (χ0n) is 9.68. The molecule has 3 N–H and O–H groups in total. The number of aliphatic hydroxyl groups is 3. The van der Waals surface area contributed by atoms with Gasteiger partial charge in [0.05, 0.1) is 12.1 Å². The van der Waals surface area contributed by atoms with Gasteiger partial charge in [-0.2, -0.15) is 0 Å². The topological polar surface area (TPSA) is 74.9 Å². The zero-order valence-corrected chi connectivity index (χ0v) is 9.68. The SMILES string of the molecule is O[C@@H]1[C@@H](O)[C@H](n2ccc3ccccc32)OC[C@H]1O. The normalized spacial score (nSPS) is 32.8. The van der Waals surface area contributed by atoms with Gasteiger partial charge in [0.25, 0.3) is 0 Å². The highest BCUT2D eigenvalue weighted by molar-refractivity contribution is 5.80. The van der Waals surface area contributed by atoms with Crippen molar-refractivity contribution in [3.05, 3.63) is 36.5 Å². The third-order valence-corrected chi connectivity index (χ3v) is 3.38. The Morgan fingerprint density at radius 2 is 1.83 bits per heavy atom. The molecular formula is C13H15NO4. The lowest BCUT2D eigenvalue weighted by atomic mass is 10.0. The van der Waals surface area contributed by atoms with Crippen molar-refractivity contribution in [3.63, 3.8) is 0 Å². The Hall–Kier alpha value is -1.40. The first-order valence-corrected chi connectivity index (χ1v) is 5.90. The largest absolute Gasteiger partial charge is 0.388 e. The summed E-state index contributed by atoms with van der Waals surface area (Å²) in [5.41, 5.74) is 0.921.